The smallest absolute Gasteiger partial charge is 0.367 e. The number of Topliss-reactive ketones (excluding diaryl/α,β-unsaturated/α-hetero) is 1. The van der Waals surface area contributed by atoms with E-state index in [4.69, 9.17) is 5.11 Å². The van der Waals surface area contributed by atoms with Crippen LogP contribution in [0.25, 0.3) is 0 Å². The molecule has 0 aromatic heterocycles. The van der Waals surface area contributed by atoms with Crippen LogP contribution in [0.2, 0.25) is 0 Å². The Bertz CT molecular complexity index is 236. The standard InChI is InChI=1S/C6H11O5P/c1-5(8)6(4-7)12(9,10-2)11-3/h4,7H,1-3H3/b6-4+. The number of aliphatic hydroxyl groups is 1. The normalized spacial score (nSPS) is 13.1. The van der Waals surface area contributed by atoms with Gasteiger partial charge in [-0.05, 0) is 6.92 Å². The lowest BCUT2D eigenvalue weighted by Gasteiger charge is -2.13. The SMILES string of the molecule is COP(=O)(OC)/C(=C/O)C(C)=O. The maximum absolute atomic E-state index is 11.4. The highest BCUT2D eigenvalue weighted by Gasteiger charge is 2.31. The zero-order valence-electron chi connectivity index (χ0n) is 7.10. The maximum atomic E-state index is 11.4. The first-order chi connectivity index (χ1) is 5.51. The van der Waals surface area contributed by atoms with E-state index in [1.165, 1.54) is 0 Å². The zero-order valence-corrected chi connectivity index (χ0v) is 8.00. The number of rotatable bonds is 4. The molecule has 6 heteroatoms. The van der Waals surface area contributed by atoms with Crippen molar-refractivity contribution in [2.24, 2.45) is 0 Å². The Balaban J connectivity index is 4.97. The van der Waals surface area contributed by atoms with Gasteiger partial charge in [0.1, 0.15) is 5.31 Å². The van der Waals surface area contributed by atoms with Crippen molar-refractivity contribution in [3.63, 3.8) is 0 Å². The molecule has 0 saturated carbocycles. The van der Waals surface area contributed by atoms with Gasteiger partial charge in [0.15, 0.2) is 5.78 Å². The molecule has 5 nitrogen and oxygen atoms in total. The molecule has 0 rings (SSSR count). The van der Waals surface area contributed by atoms with Crippen LogP contribution in [0.15, 0.2) is 11.6 Å². The predicted octanol–water partition coefficient (Wildman–Crippen LogP) is 1.46. The highest BCUT2D eigenvalue weighted by atomic mass is 31.2. The number of hydrogen-bond donors (Lipinski definition) is 1. The van der Waals surface area contributed by atoms with E-state index >= 15 is 0 Å². The van der Waals surface area contributed by atoms with Crippen molar-refractivity contribution in [3.05, 3.63) is 11.6 Å². The fourth-order valence-corrected chi connectivity index (χ4v) is 1.70. The Kier molecular flexibility index (Phi) is 4.17. The molecule has 0 aliphatic rings. The quantitative estimate of drug-likeness (QED) is 0.416. The van der Waals surface area contributed by atoms with E-state index in [-0.39, 0.29) is 5.31 Å². The minimum atomic E-state index is -3.59. The van der Waals surface area contributed by atoms with Gasteiger partial charge < -0.3 is 14.2 Å². The van der Waals surface area contributed by atoms with E-state index < -0.39 is 13.4 Å². The van der Waals surface area contributed by atoms with Crippen molar-refractivity contribution >= 4 is 13.4 Å². The largest absolute Gasteiger partial charge is 0.514 e. The Morgan fingerprint density at radius 1 is 1.42 bits per heavy atom. The fourth-order valence-electron chi connectivity index (χ4n) is 0.626. The Morgan fingerprint density at radius 2 is 1.83 bits per heavy atom. The van der Waals surface area contributed by atoms with E-state index in [0.717, 1.165) is 21.1 Å². The van der Waals surface area contributed by atoms with Gasteiger partial charge in [0.05, 0.1) is 6.26 Å². The molecule has 0 heterocycles. The average molecular weight is 194 g/mol. The second kappa shape index (κ2) is 4.40. The summed E-state index contributed by atoms with van der Waals surface area (Å²) in [4.78, 5) is 10.8. The Labute approximate surface area is 70.5 Å². The van der Waals surface area contributed by atoms with Gasteiger partial charge in [-0.25, -0.2) is 0 Å². The first-order valence-electron chi connectivity index (χ1n) is 3.09. The summed E-state index contributed by atoms with van der Waals surface area (Å²) in [6.07, 6.45) is 0.441. The van der Waals surface area contributed by atoms with E-state index in [0.29, 0.717) is 6.26 Å². The van der Waals surface area contributed by atoms with Crippen molar-refractivity contribution in [2.45, 2.75) is 6.92 Å². The minimum Gasteiger partial charge on any atom is -0.514 e. The van der Waals surface area contributed by atoms with Gasteiger partial charge >= 0.3 is 7.60 Å². The predicted molar refractivity (Wildman–Crippen MR) is 43.0 cm³/mol. The molecule has 0 fully saturated rings. The van der Waals surface area contributed by atoms with Crippen molar-refractivity contribution in [1.29, 1.82) is 0 Å². The van der Waals surface area contributed by atoms with Crippen LogP contribution in [0.3, 0.4) is 0 Å². The Hall–Kier alpha value is -0.640. The van der Waals surface area contributed by atoms with Crippen LogP contribution >= 0.6 is 7.60 Å². The van der Waals surface area contributed by atoms with Gasteiger partial charge in [-0.3, -0.25) is 9.36 Å². The van der Waals surface area contributed by atoms with Crippen molar-refractivity contribution in [2.75, 3.05) is 14.2 Å². The first kappa shape index (κ1) is 11.4. The van der Waals surface area contributed by atoms with E-state index in [9.17, 15) is 9.36 Å². The van der Waals surface area contributed by atoms with E-state index in [2.05, 4.69) is 9.05 Å². The summed E-state index contributed by atoms with van der Waals surface area (Å²) >= 11 is 0. The first-order valence-corrected chi connectivity index (χ1v) is 4.63. The highest BCUT2D eigenvalue weighted by molar-refractivity contribution is 7.59. The lowest BCUT2D eigenvalue weighted by molar-refractivity contribution is -0.113. The number of carbonyl (C=O) groups is 1. The molecule has 0 spiro atoms. The van der Waals surface area contributed by atoms with Gasteiger partial charge in [-0.1, -0.05) is 0 Å². The highest BCUT2D eigenvalue weighted by Crippen LogP contribution is 2.54. The van der Waals surface area contributed by atoms with Crippen LogP contribution in [-0.4, -0.2) is 25.1 Å². The average Bonchev–Trinajstić information content (AvgIpc) is 2.04. The molecule has 0 unspecified atom stereocenters. The van der Waals surface area contributed by atoms with Crippen LogP contribution in [0, 0.1) is 0 Å². The summed E-state index contributed by atoms with van der Waals surface area (Å²) in [5, 5.41) is 8.23. The van der Waals surface area contributed by atoms with Gasteiger partial charge in [0.25, 0.3) is 0 Å². The Morgan fingerprint density at radius 3 is 1.92 bits per heavy atom. The third-order valence-electron chi connectivity index (χ3n) is 1.26. The van der Waals surface area contributed by atoms with Gasteiger partial charge in [0.2, 0.25) is 0 Å². The van der Waals surface area contributed by atoms with Crippen LogP contribution in [0.4, 0.5) is 0 Å². The number of carbonyl (C=O) groups excluding carboxylic acids is 1. The van der Waals surface area contributed by atoms with Crippen LogP contribution in [0.1, 0.15) is 6.92 Å². The van der Waals surface area contributed by atoms with Crippen molar-refractivity contribution < 1.29 is 23.5 Å². The second-order valence-corrected chi connectivity index (χ2v) is 4.14. The molecule has 0 amide bonds. The molecule has 70 valence electrons. The van der Waals surface area contributed by atoms with Gasteiger partial charge in [0, 0.05) is 14.2 Å². The molecule has 1 N–H and O–H groups in total. The van der Waals surface area contributed by atoms with Crippen molar-refractivity contribution in [3.8, 4) is 0 Å². The molecule has 0 aromatic rings. The molecule has 0 aliphatic heterocycles. The van der Waals surface area contributed by atoms with E-state index in [1.807, 2.05) is 0 Å². The topological polar surface area (TPSA) is 72.8 Å². The minimum absolute atomic E-state index is 0.354. The summed E-state index contributed by atoms with van der Waals surface area (Å²) < 4.78 is 20.4. The van der Waals surface area contributed by atoms with Crippen molar-refractivity contribution in [1.82, 2.24) is 0 Å². The van der Waals surface area contributed by atoms with Gasteiger partial charge in [-0.15, -0.1) is 0 Å². The zero-order chi connectivity index (χ0) is 9.78. The van der Waals surface area contributed by atoms with Crippen LogP contribution < -0.4 is 0 Å². The summed E-state index contributed by atoms with van der Waals surface area (Å²) in [5.41, 5.74) is 0. The monoisotopic (exact) mass is 194 g/mol. The lowest BCUT2D eigenvalue weighted by Crippen LogP contribution is -2.01. The number of hydrogen-bond acceptors (Lipinski definition) is 5. The molecule has 12 heavy (non-hydrogen) atoms. The summed E-state index contributed by atoms with van der Waals surface area (Å²) in [6, 6.07) is 0. The van der Waals surface area contributed by atoms with Crippen LogP contribution in [0.5, 0.6) is 0 Å². The van der Waals surface area contributed by atoms with Gasteiger partial charge in [-0.2, -0.15) is 0 Å². The molecule has 0 aromatic carbocycles. The molecule has 0 saturated heterocycles. The second-order valence-electron chi connectivity index (χ2n) is 1.93. The molecule has 0 aliphatic carbocycles. The third kappa shape index (κ3) is 2.17. The summed E-state index contributed by atoms with van der Waals surface area (Å²) in [5.74, 6) is -0.551. The summed E-state index contributed by atoms with van der Waals surface area (Å²) in [6.45, 7) is 1.16. The lowest BCUT2D eigenvalue weighted by atomic mass is 10.4. The number of aliphatic hydroxyl groups excluding tert-OH is 1. The molecular formula is C6H11O5P. The summed E-state index contributed by atoms with van der Waals surface area (Å²) in [7, 11) is -1.31. The number of allylic oxidation sites excluding steroid dienone is 1. The maximum Gasteiger partial charge on any atom is 0.367 e. The molecule has 0 bridgehead atoms. The van der Waals surface area contributed by atoms with E-state index in [1.54, 1.807) is 0 Å². The fraction of sp³-hybridized carbons (Fsp3) is 0.500. The third-order valence-corrected chi connectivity index (χ3v) is 3.24. The molecule has 0 radical (unpaired) electrons. The molecular weight excluding hydrogens is 183 g/mol. The van der Waals surface area contributed by atoms with Crippen LogP contribution in [-0.2, 0) is 18.4 Å². The number of ketones is 1. The molecule has 0 atom stereocenters.